The Balaban J connectivity index is 1.40. The van der Waals surface area contributed by atoms with E-state index in [1.807, 2.05) is 18.2 Å². The first kappa shape index (κ1) is 16.6. The van der Waals surface area contributed by atoms with Crippen LogP contribution in [-0.4, -0.2) is 41.4 Å². The smallest absolute Gasteiger partial charge is 0.253 e. The number of nitrogens with zero attached hydrogens (tertiary/aromatic N) is 1. The molecule has 3 fully saturated rings. The van der Waals surface area contributed by atoms with Crippen LogP contribution in [0.15, 0.2) is 24.3 Å². The number of hydrogen-bond acceptors (Lipinski definition) is 3. The standard InChI is InChI=1S/C20H27N3O2/c1-13(14-6-7-14)23(16-10-11-16)12-19(24)22-18-5-3-2-4-17(18)20(25)21-15-8-9-15/h2-5,13-16H,6-12H2,1H3,(H,21,25)(H,22,24). The molecule has 2 amide bonds. The molecule has 1 aromatic rings. The molecule has 0 spiro atoms. The predicted molar refractivity (Wildman–Crippen MR) is 97.5 cm³/mol. The van der Waals surface area contributed by atoms with Crippen molar-refractivity contribution in [3.8, 4) is 0 Å². The number of benzene rings is 1. The first-order valence-electron chi connectivity index (χ1n) is 9.57. The van der Waals surface area contributed by atoms with Crippen LogP contribution in [0.2, 0.25) is 0 Å². The van der Waals surface area contributed by atoms with Gasteiger partial charge in [0.25, 0.3) is 5.91 Å². The van der Waals surface area contributed by atoms with Gasteiger partial charge in [-0.25, -0.2) is 0 Å². The monoisotopic (exact) mass is 341 g/mol. The Kier molecular flexibility index (Phi) is 4.50. The van der Waals surface area contributed by atoms with Crippen LogP contribution in [0.1, 0.15) is 55.8 Å². The number of hydrogen-bond donors (Lipinski definition) is 2. The van der Waals surface area contributed by atoms with E-state index in [1.165, 1.54) is 25.7 Å². The van der Waals surface area contributed by atoms with Gasteiger partial charge in [-0.15, -0.1) is 0 Å². The van der Waals surface area contributed by atoms with E-state index >= 15 is 0 Å². The SMILES string of the molecule is CC(C1CC1)N(CC(=O)Nc1ccccc1C(=O)NC1CC1)C1CC1. The maximum atomic E-state index is 12.6. The molecule has 3 saturated carbocycles. The van der Waals surface area contributed by atoms with E-state index in [9.17, 15) is 9.59 Å². The predicted octanol–water partition coefficient (Wildman–Crippen LogP) is 2.78. The number of carbonyl (C=O) groups excluding carboxylic acids is 2. The Hall–Kier alpha value is -1.88. The summed E-state index contributed by atoms with van der Waals surface area (Å²) in [6.45, 7) is 2.67. The van der Waals surface area contributed by atoms with E-state index in [4.69, 9.17) is 0 Å². The van der Waals surface area contributed by atoms with Crippen LogP contribution in [0.25, 0.3) is 0 Å². The summed E-state index contributed by atoms with van der Waals surface area (Å²) in [4.78, 5) is 27.4. The summed E-state index contributed by atoms with van der Waals surface area (Å²) in [5.74, 6) is 0.639. The summed E-state index contributed by atoms with van der Waals surface area (Å²) in [6, 6.07) is 8.63. The Morgan fingerprint density at radius 1 is 1.12 bits per heavy atom. The third-order valence-corrected chi connectivity index (χ3v) is 5.53. The summed E-state index contributed by atoms with van der Waals surface area (Å²) in [6.07, 6.45) is 7.08. The van der Waals surface area contributed by atoms with E-state index < -0.39 is 0 Å². The van der Waals surface area contributed by atoms with Crippen molar-refractivity contribution in [1.82, 2.24) is 10.2 Å². The van der Waals surface area contributed by atoms with E-state index in [0.29, 0.717) is 35.9 Å². The van der Waals surface area contributed by atoms with Crippen molar-refractivity contribution in [2.75, 3.05) is 11.9 Å². The molecule has 1 unspecified atom stereocenters. The second-order valence-electron chi connectivity index (χ2n) is 7.82. The fourth-order valence-corrected chi connectivity index (χ4v) is 3.50. The zero-order chi connectivity index (χ0) is 17.4. The molecule has 3 aliphatic carbocycles. The van der Waals surface area contributed by atoms with Gasteiger partial charge in [0.1, 0.15) is 0 Å². The van der Waals surface area contributed by atoms with Crippen LogP contribution >= 0.6 is 0 Å². The van der Waals surface area contributed by atoms with Gasteiger partial charge in [0.05, 0.1) is 17.8 Å². The molecule has 5 heteroatoms. The maximum absolute atomic E-state index is 12.6. The van der Waals surface area contributed by atoms with Crippen LogP contribution in [0.5, 0.6) is 0 Å². The molecular formula is C20H27N3O2. The molecule has 4 rings (SSSR count). The lowest BCUT2D eigenvalue weighted by molar-refractivity contribution is -0.118. The third-order valence-electron chi connectivity index (χ3n) is 5.53. The maximum Gasteiger partial charge on any atom is 0.253 e. The minimum Gasteiger partial charge on any atom is -0.349 e. The molecule has 0 aromatic heterocycles. The first-order valence-corrected chi connectivity index (χ1v) is 9.57. The third kappa shape index (κ3) is 4.21. The van der Waals surface area contributed by atoms with Gasteiger partial charge in [-0.05, 0) is 63.5 Å². The highest BCUT2D eigenvalue weighted by Crippen LogP contribution is 2.39. The number of amides is 2. The highest BCUT2D eigenvalue weighted by Gasteiger charge is 2.39. The molecule has 0 heterocycles. The van der Waals surface area contributed by atoms with E-state index in [-0.39, 0.29) is 11.8 Å². The van der Waals surface area contributed by atoms with Crippen molar-refractivity contribution in [3.05, 3.63) is 29.8 Å². The molecule has 1 atom stereocenters. The van der Waals surface area contributed by atoms with Crippen molar-refractivity contribution in [3.63, 3.8) is 0 Å². The highest BCUT2D eigenvalue weighted by atomic mass is 16.2. The van der Waals surface area contributed by atoms with Gasteiger partial charge in [-0.2, -0.15) is 0 Å². The average molecular weight is 341 g/mol. The average Bonchev–Trinajstić information content (AvgIpc) is 3.46. The Morgan fingerprint density at radius 2 is 1.84 bits per heavy atom. The molecule has 0 saturated heterocycles. The van der Waals surface area contributed by atoms with Gasteiger partial charge in [0, 0.05) is 18.1 Å². The van der Waals surface area contributed by atoms with Gasteiger partial charge in [0.2, 0.25) is 5.91 Å². The number of para-hydroxylation sites is 1. The minimum atomic E-state index is -0.0937. The van der Waals surface area contributed by atoms with Crippen molar-refractivity contribution in [2.45, 2.75) is 63.6 Å². The zero-order valence-electron chi connectivity index (χ0n) is 14.8. The molecule has 25 heavy (non-hydrogen) atoms. The van der Waals surface area contributed by atoms with Gasteiger partial charge in [0.15, 0.2) is 0 Å². The van der Waals surface area contributed by atoms with Crippen LogP contribution in [-0.2, 0) is 4.79 Å². The van der Waals surface area contributed by atoms with Gasteiger partial charge in [-0.3, -0.25) is 14.5 Å². The fourth-order valence-electron chi connectivity index (χ4n) is 3.50. The molecule has 0 radical (unpaired) electrons. The Morgan fingerprint density at radius 3 is 2.48 bits per heavy atom. The molecule has 5 nitrogen and oxygen atoms in total. The molecule has 2 N–H and O–H groups in total. The summed E-state index contributed by atoms with van der Waals surface area (Å²) in [5, 5.41) is 5.96. The normalized spacial score (nSPS) is 21.0. The first-order chi connectivity index (χ1) is 12.1. The van der Waals surface area contributed by atoms with E-state index in [2.05, 4.69) is 22.5 Å². The minimum absolute atomic E-state index is 0.0222. The summed E-state index contributed by atoms with van der Waals surface area (Å²) in [7, 11) is 0. The topological polar surface area (TPSA) is 61.4 Å². The van der Waals surface area contributed by atoms with Crippen molar-refractivity contribution < 1.29 is 9.59 Å². The lowest BCUT2D eigenvalue weighted by Gasteiger charge is -2.28. The van der Waals surface area contributed by atoms with Crippen LogP contribution in [0.4, 0.5) is 5.69 Å². The molecular weight excluding hydrogens is 314 g/mol. The molecule has 0 bridgehead atoms. The van der Waals surface area contributed by atoms with Crippen LogP contribution in [0, 0.1) is 5.92 Å². The van der Waals surface area contributed by atoms with Crippen molar-refractivity contribution in [2.24, 2.45) is 5.92 Å². The van der Waals surface area contributed by atoms with E-state index in [1.54, 1.807) is 6.07 Å². The quantitative estimate of drug-likeness (QED) is 0.764. The van der Waals surface area contributed by atoms with Gasteiger partial charge in [-0.1, -0.05) is 12.1 Å². The molecule has 1 aromatic carbocycles. The van der Waals surface area contributed by atoms with Crippen molar-refractivity contribution >= 4 is 17.5 Å². The van der Waals surface area contributed by atoms with Crippen LogP contribution < -0.4 is 10.6 Å². The number of carbonyl (C=O) groups is 2. The second-order valence-corrected chi connectivity index (χ2v) is 7.82. The number of anilines is 1. The van der Waals surface area contributed by atoms with Gasteiger partial charge >= 0.3 is 0 Å². The lowest BCUT2D eigenvalue weighted by atomic mass is 10.1. The Labute approximate surface area is 149 Å². The lowest BCUT2D eigenvalue weighted by Crippen LogP contribution is -2.42. The molecule has 134 valence electrons. The summed E-state index contributed by atoms with van der Waals surface area (Å²) < 4.78 is 0. The number of rotatable bonds is 8. The van der Waals surface area contributed by atoms with Crippen molar-refractivity contribution in [1.29, 1.82) is 0 Å². The highest BCUT2D eigenvalue weighted by molar-refractivity contribution is 6.04. The molecule has 0 aliphatic heterocycles. The van der Waals surface area contributed by atoms with Gasteiger partial charge < -0.3 is 10.6 Å². The molecule has 3 aliphatic rings. The largest absolute Gasteiger partial charge is 0.349 e. The number of nitrogens with one attached hydrogen (secondary N) is 2. The van der Waals surface area contributed by atoms with E-state index in [0.717, 1.165) is 18.8 Å². The summed E-state index contributed by atoms with van der Waals surface area (Å²) in [5.41, 5.74) is 1.16. The zero-order valence-corrected chi connectivity index (χ0v) is 14.8. The second kappa shape index (κ2) is 6.79. The Bertz CT molecular complexity index is 663. The fraction of sp³-hybridized carbons (Fsp3) is 0.600. The summed E-state index contributed by atoms with van der Waals surface area (Å²) >= 11 is 0. The van der Waals surface area contributed by atoms with Crippen LogP contribution in [0.3, 0.4) is 0 Å².